The van der Waals surface area contributed by atoms with Gasteiger partial charge in [-0.1, -0.05) is 40.0 Å². The zero-order valence-corrected chi connectivity index (χ0v) is 11.3. The van der Waals surface area contributed by atoms with Gasteiger partial charge < -0.3 is 5.11 Å². The molecule has 1 N–H and O–H groups in total. The summed E-state index contributed by atoms with van der Waals surface area (Å²) in [5, 5.41) is 9.87. The monoisotopic (exact) mass is 248 g/mol. The summed E-state index contributed by atoms with van der Waals surface area (Å²) in [5.41, 5.74) is -0.101. The molecule has 1 aliphatic rings. The minimum absolute atomic E-state index is 0.0542. The van der Waals surface area contributed by atoms with Gasteiger partial charge in [-0.3, -0.25) is 0 Å². The summed E-state index contributed by atoms with van der Waals surface area (Å²) in [4.78, 5) is 0. The van der Waals surface area contributed by atoms with Gasteiger partial charge in [-0.05, 0) is 24.2 Å². The molecule has 0 aromatic rings. The quantitative estimate of drug-likeness (QED) is 0.782. The molecule has 1 fully saturated rings. The average molecular weight is 248 g/mol. The lowest BCUT2D eigenvalue weighted by atomic mass is 9.81. The molecular weight excluding hydrogens is 222 g/mol. The molecule has 1 saturated carbocycles. The third-order valence-corrected chi connectivity index (χ3v) is 3.83. The molecule has 0 saturated heterocycles. The Morgan fingerprint density at radius 2 is 2.00 bits per heavy atom. The Morgan fingerprint density at radius 3 is 2.53 bits per heavy atom. The van der Waals surface area contributed by atoms with Gasteiger partial charge in [-0.2, -0.15) is 0 Å². The van der Waals surface area contributed by atoms with Gasteiger partial charge in [0.25, 0.3) is 0 Å². The van der Waals surface area contributed by atoms with E-state index in [1.807, 2.05) is 20.8 Å². The maximum atomic E-state index is 13.2. The van der Waals surface area contributed by atoms with Crippen LogP contribution < -0.4 is 0 Å². The third-order valence-electron chi connectivity index (χ3n) is 3.83. The Bertz CT molecular complexity index is 233. The Labute approximate surface area is 104 Å². The fourth-order valence-corrected chi connectivity index (χ4v) is 2.56. The Morgan fingerprint density at radius 1 is 1.35 bits per heavy atom. The minimum Gasteiger partial charge on any atom is -0.393 e. The number of halogens is 2. The highest BCUT2D eigenvalue weighted by Gasteiger charge is 2.35. The van der Waals surface area contributed by atoms with Crippen LogP contribution in [0.25, 0.3) is 0 Å². The number of hydrogen-bond donors (Lipinski definition) is 1. The van der Waals surface area contributed by atoms with Crippen molar-refractivity contribution in [2.75, 3.05) is 0 Å². The molecule has 1 nitrogen and oxygen atoms in total. The molecule has 0 bridgehead atoms. The van der Waals surface area contributed by atoms with Crippen molar-refractivity contribution in [1.29, 1.82) is 0 Å². The molecular formula is C14H26F2O. The van der Waals surface area contributed by atoms with Gasteiger partial charge in [-0.25, -0.2) is 8.78 Å². The second kappa shape index (κ2) is 5.64. The van der Waals surface area contributed by atoms with Crippen molar-refractivity contribution in [3.05, 3.63) is 0 Å². The number of aliphatic hydroxyl groups excluding tert-OH is 1. The molecule has 0 aliphatic heterocycles. The molecule has 0 aromatic heterocycles. The van der Waals surface area contributed by atoms with E-state index in [9.17, 15) is 13.9 Å². The predicted octanol–water partition coefficient (Wildman–Crippen LogP) is 4.39. The first kappa shape index (κ1) is 14.9. The smallest absolute Gasteiger partial charge is 0.248 e. The van der Waals surface area contributed by atoms with Gasteiger partial charge in [0, 0.05) is 12.8 Å². The number of aliphatic hydroxyl groups is 1. The van der Waals surface area contributed by atoms with Gasteiger partial charge >= 0.3 is 0 Å². The molecule has 0 heterocycles. The zero-order chi connectivity index (χ0) is 13.1. The molecule has 1 aliphatic carbocycles. The Kier molecular flexibility index (Phi) is 4.94. The van der Waals surface area contributed by atoms with Gasteiger partial charge in [0.1, 0.15) is 0 Å². The van der Waals surface area contributed by atoms with Crippen LogP contribution >= 0.6 is 0 Å². The van der Waals surface area contributed by atoms with E-state index in [1.54, 1.807) is 0 Å². The molecule has 2 unspecified atom stereocenters. The van der Waals surface area contributed by atoms with Crippen molar-refractivity contribution in [3.63, 3.8) is 0 Å². The van der Waals surface area contributed by atoms with Gasteiger partial charge in [-0.15, -0.1) is 0 Å². The van der Waals surface area contributed by atoms with Crippen molar-refractivity contribution in [2.45, 2.75) is 77.7 Å². The lowest BCUT2D eigenvalue weighted by molar-refractivity contribution is -0.0544. The van der Waals surface area contributed by atoms with E-state index in [-0.39, 0.29) is 30.3 Å². The van der Waals surface area contributed by atoms with E-state index >= 15 is 0 Å². The zero-order valence-electron chi connectivity index (χ0n) is 11.3. The molecule has 0 radical (unpaired) electrons. The first-order chi connectivity index (χ1) is 7.71. The largest absolute Gasteiger partial charge is 0.393 e. The summed E-state index contributed by atoms with van der Waals surface area (Å²) in [6.07, 6.45) is 3.80. The van der Waals surface area contributed by atoms with Crippen molar-refractivity contribution in [1.82, 2.24) is 0 Å². The molecule has 3 heteroatoms. The fraction of sp³-hybridized carbons (Fsp3) is 1.00. The fourth-order valence-electron chi connectivity index (χ4n) is 2.56. The molecule has 17 heavy (non-hydrogen) atoms. The Hall–Kier alpha value is -0.180. The number of rotatable bonds is 4. The second-order valence-electron chi connectivity index (χ2n) is 6.63. The lowest BCUT2D eigenvalue weighted by Gasteiger charge is -2.30. The maximum absolute atomic E-state index is 13.2. The highest BCUT2D eigenvalue weighted by molar-refractivity contribution is 4.79. The van der Waals surface area contributed by atoms with Crippen LogP contribution in [0.1, 0.15) is 65.7 Å². The van der Waals surface area contributed by atoms with Crippen molar-refractivity contribution < 1.29 is 13.9 Å². The lowest BCUT2D eigenvalue weighted by Crippen LogP contribution is -2.27. The SMILES string of the molecule is CC(C)(C)C(O)CCCC1CCCC(F)(F)C1. The predicted molar refractivity (Wildman–Crippen MR) is 66.2 cm³/mol. The summed E-state index contributed by atoms with van der Waals surface area (Å²) in [6.45, 7) is 6.02. The summed E-state index contributed by atoms with van der Waals surface area (Å²) in [5.74, 6) is -2.28. The highest BCUT2D eigenvalue weighted by Crippen LogP contribution is 2.39. The molecule has 0 spiro atoms. The third kappa shape index (κ3) is 5.33. The van der Waals surface area contributed by atoms with Crippen LogP contribution in [0.15, 0.2) is 0 Å². The summed E-state index contributed by atoms with van der Waals surface area (Å²) >= 11 is 0. The minimum atomic E-state index is -2.44. The van der Waals surface area contributed by atoms with E-state index in [2.05, 4.69) is 0 Å². The van der Waals surface area contributed by atoms with Crippen molar-refractivity contribution in [2.24, 2.45) is 11.3 Å². The summed E-state index contributed by atoms with van der Waals surface area (Å²) in [6, 6.07) is 0. The van der Waals surface area contributed by atoms with Crippen LogP contribution in [0.5, 0.6) is 0 Å². The van der Waals surface area contributed by atoms with Gasteiger partial charge in [0.2, 0.25) is 5.92 Å². The van der Waals surface area contributed by atoms with E-state index in [4.69, 9.17) is 0 Å². The van der Waals surface area contributed by atoms with E-state index in [0.29, 0.717) is 6.42 Å². The van der Waals surface area contributed by atoms with Crippen molar-refractivity contribution >= 4 is 0 Å². The summed E-state index contributed by atoms with van der Waals surface area (Å²) < 4.78 is 26.4. The Balaban J connectivity index is 2.23. The topological polar surface area (TPSA) is 20.2 Å². The molecule has 0 amide bonds. The van der Waals surface area contributed by atoms with Gasteiger partial charge in [0.15, 0.2) is 0 Å². The van der Waals surface area contributed by atoms with Crippen LogP contribution in [0, 0.1) is 11.3 Å². The second-order valence-corrected chi connectivity index (χ2v) is 6.63. The number of hydrogen-bond acceptors (Lipinski definition) is 1. The van der Waals surface area contributed by atoms with E-state index in [0.717, 1.165) is 25.7 Å². The van der Waals surface area contributed by atoms with Crippen molar-refractivity contribution in [3.8, 4) is 0 Å². The van der Waals surface area contributed by atoms with Crippen LogP contribution in [-0.4, -0.2) is 17.1 Å². The van der Waals surface area contributed by atoms with E-state index < -0.39 is 5.92 Å². The van der Waals surface area contributed by atoms with Crippen LogP contribution in [-0.2, 0) is 0 Å². The molecule has 2 atom stereocenters. The van der Waals surface area contributed by atoms with Gasteiger partial charge in [0.05, 0.1) is 6.10 Å². The van der Waals surface area contributed by atoms with Crippen LogP contribution in [0.3, 0.4) is 0 Å². The summed E-state index contributed by atoms with van der Waals surface area (Å²) in [7, 11) is 0. The first-order valence-corrected chi connectivity index (χ1v) is 6.76. The van der Waals surface area contributed by atoms with E-state index in [1.165, 1.54) is 0 Å². The normalized spacial score (nSPS) is 26.8. The first-order valence-electron chi connectivity index (χ1n) is 6.76. The number of alkyl halides is 2. The highest BCUT2D eigenvalue weighted by atomic mass is 19.3. The molecule has 102 valence electrons. The molecule has 0 aromatic carbocycles. The maximum Gasteiger partial charge on any atom is 0.248 e. The standard InChI is InChI=1S/C14H26F2O/c1-13(2,3)12(17)8-4-6-11-7-5-9-14(15,16)10-11/h11-12,17H,4-10H2,1-3H3. The van der Waals surface area contributed by atoms with Crippen LogP contribution in [0.2, 0.25) is 0 Å². The molecule has 1 rings (SSSR count). The van der Waals surface area contributed by atoms with Crippen LogP contribution in [0.4, 0.5) is 8.78 Å². The average Bonchev–Trinajstić information content (AvgIpc) is 2.14.